The van der Waals surface area contributed by atoms with Gasteiger partial charge in [-0.05, 0) is 105 Å². The highest BCUT2D eigenvalue weighted by Gasteiger charge is 2.41. The number of nitrogens with one attached hydrogen (secondary N) is 2. The number of amides is 1. The largest absolute Gasteiger partial charge is 0.352 e. The predicted octanol–water partition coefficient (Wildman–Crippen LogP) is 6.76. The van der Waals surface area contributed by atoms with Gasteiger partial charge in [-0.1, -0.05) is 29.8 Å². The number of rotatable bonds is 7. The third-order valence-electron chi connectivity index (χ3n) is 7.32. The lowest BCUT2D eigenvalue weighted by atomic mass is 9.96. The second-order valence-corrected chi connectivity index (χ2v) is 10.9. The molecule has 2 atom stereocenters. The monoisotopic (exact) mass is 557 g/mol. The summed E-state index contributed by atoms with van der Waals surface area (Å²) in [5, 5.41) is 7.90. The number of thiocarbonyl (C=S) groups is 1. The molecule has 2 aromatic heterocycles. The molecule has 200 valence electrons. The van der Waals surface area contributed by atoms with E-state index in [-0.39, 0.29) is 18.0 Å². The second-order valence-electron chi connectivity index (χ2n) is 10.1. The highest BCUT2D eigenvalue weighted by Crippen LogP contribution is 2.41. The fourth-order valence-corrected chi connectivity index (χ4v) is 5.82. The minimum absolute atomic E-state index is 0.0434. The fraction of sp³-hybridized carbons (Fsp3) is 0.258. The van der Waals surface area contributed by atoms with Crippen molar-refractivity contribution >= 4 is 40.5 Å². The Labute approximate surface area is 240 Å². The number of aryl methyl sites for hydroxylation is 3. The van der Waals surface area contributed by atoms with Crippen molar-refractivity contribution in [3.05, 3.63) is 112 Å². The summed E-state index contributed by atoms with van der Waals surface area (Å²) in [7, 11) is 0. The lowest BCUT2D eigenvalue weighted by Crippen LogP contribution is -2.33. The first-order chi connectivity index (χ1) is 18.7. The van der Waals surface area contributed by atoms with Gasteiger partial charge in [-0.3, -0.25) is 9.78 Å². The van der Waals surface area contributed by atoms with E-state index in [4.69, 9.17) is 23.8 Å². The van der Waals surface area contributed by atoms with Crippen LogP contribution in [0.1, 0.15) is 52.3 Å². The molecule has 2 N–H and O–H groups in total. The van der Waals surface area contributed by atoms with Crippen LogP contribution in [0.5, 0.6) is 0 Å². The van der Waals surface area contributed by atoms with Crippen molar-refractivity contribution in [2.45, 2.75) is 46.2 Å². The van der Waals surface area contributed by atoms with Gasteiger partial charge in [0, 0.05) is 46.9 Å². The molecule has 1 aliphatic rings. The van der Waals surface area contributed by atoms with Crippen LogP contribution >= 0.6 is 23.8 Å². The number of carbonyl (C=O) groups excluding carboxylic acids is 1. The Balaban J connectivity index is 1.46. The Morgan fingerprint density at radius 2 is 1.82 bits per heavy atom. The number of carbonyl (C=O) groups is 1. The van der Waals surface area contributed by atoms with Crippen molar-refractivity contribution in [1.29, 1.82) is 0 Å². The van der Waals surface area contributed by atoms with E-state index in [0.29, 0.717) is 23.1 Å². The van der Waals surface area contributed by atoms with E-state index in [9.17, 15) is 4.79 Å². The SMILES string of the molecule is Cc1ccc(C)c(NC(=O)CCN2C(=S)N[C@@H](c3ccccn3)[C@@H]2c2cc(C)n(-c3ccc(Cl)cc3)c2C)c1. The van der Waals surface area contributed by atoms with Crippen molar-refractivity contribution in [1.82, 2.24) is 19.8 Å². The Morgan fingerprint density at radius 3 is 2.54 bits per heavy atom. The van der Waals surface area contributed by atoms with Crippen LogP contribution in [0.25, 0.3) is 5.69 Å². The maximum atomic E-state index is 13.0. The Morgan fingerprint density at radius 1 is 1.05 bits per heavy atom. The number of hydrogen-bond acceptors (Lipinski definition) is 3. The summed E-state index contributed by atoms with van der Waals surface area (Å²) >= 11 is 12.0. The normalized spacial score (nSPS) is 16.8. The lowest BCUT2D eigenvalue weighted by molar-refractivity contribution is -0.116. The van der Waals surface area contributed by atoms with E-state index in [2.05, 4.69) is 45.0 Å². The molecule has 2 aromatic carbocycles. The first-order valence-corrected chi connectivity index (χ1v) is 13.8. The highest BCUT2D eigenvalue weighted by molar-refractivity contribution is 7.80. The molecule has 1 saturated heterocycles. The van der Waals surface area contributed by atoms with Gasteiger partial charge < -0.3 is 20.1 Å². The number of hydrogen-bond donors (Lipinski definition) is 2. The second kappa shape index (κ2) is 11.2. The Kier molecular flexibility index (Phi) is 7.73. The number of pyridine rings is 1. The summed E-state index contributed by atoms with van der Waals surface area (Å²) in [5.41, 5.74) is 8.29. The lowest BCUT2D eigenvalue weighted by Gasteiger charge is -2.28. The van der Waals surface area contributed by atoms with E-state index in [1.165, 1.54) is 0 Å². The van der Waals surface area contributed by atoms with Crippen molar-refractivity contribution in [2.24, 2.45) is 0 Å². The molecule has 8 heteroatoms. The van der Waals surface area contributed by atoms with Gasteiger partial charge in [0.25, 0.3) is 0 Å². The van der Waals surface area contributed by atoms with Crippen LogP contribution in [-0.2, 0) is 4.79 Å². The van der Waals surface area contributed by atoms with Crippen LogP contribution in [0.3, 0.4) is 0 Å². The molecule has 4 aromatic rings. The standard InChI is InChI=1S/C31H32ClN5OS/c1-19-8-9-20(2)27(17-19)34-28(38)14-16-36-30(29(35-31(36)39)26-7-5-6-15-33-26)25-18-21(3)37(22(25)4)24-12-10-23(32)11-13-24/h5-13,15,17-18,29-30H,14,16H2,1-4H3,(H,34,38)(H,35,39)/t29-,30-/m0/s1. The topological polar surface area (TPSA) is 62.2 Å². The van der Waals surface area contributed by atoms with Crippen molar-refractivity contribution in [3.8, 4) is 5.69 Å². The third kappa shape index (κ3) is 5.56. The van der Waals surface area contributed by atoms with Crippen molar-refractivity contribution in [3.63, 3.8) is 0 Å². The molecule has 0 spiro atoms. The zero-order chi connectivity index (χ0) is 27.7. The first kappa shape index (κ1) is 26.9. The maximum absolute atomic E-state index is 13.0. The van der Waals surface area contributed by atoms with Crippen molar-refractivity contribution < 1.29 is 4.79 Å². The fourth-order valence-electron chi connectivity index (χ4n) is 5.36. The van der Waals surface area contributed by atoms with Crippen LogP contribution < -0.4 is 10.6 Å². The molecular weight excluding hydrogens is 526 g/mol. The molecule has 1 aliphatic heterocycles. The minimum Gasteiger partial charge on any atom is -0.352 e. The zero-order valence-electron chi connectivity index (χ0n) is 22.5. The molecule has 1 fully saturated rings. The number of halogens is 1. The summed E-state index contributed by atoms with van der Waals surface area (Å²) < 4.78 is 2.23. The Bertz CT molecular complexity index is 1520. The number of anilines is 1. The molecule has 0 saturated carbocycles. The van der Waals surface area contributed by atoms with Gasteiger partial charge in [0.15, 0.2) is 5.11 Å². The zero-order valence-corrected chi connectivity index (χ0v) is 24.1. The molecule has 3 heterocycles. The van der Waals surface area contributed by atoms with Crippen LogP contribution in [0.15, 0.2) is 72.9 Å². The van der Waals surface area contributed by atoms with Gasteiger partial charge >= 0.3 is 0 Å². The predicted molar refractivity (Wildman–Crippen MR) is 162 cm³/mol. The number of aromatic nitrogens is 2. The van der Waals surface area contributed by atoms with E-state index in [0.717, 1.165) is 45.1 Å². The average molecular weight is 558 g/mol. The van der Waals surface area contributed by atoms with E-state index >= 15 is 0 Å². The van der Waals surface area contributed by atoms with E-state index < -0.39 is 0 Å². The molecule has 5 rings (SSSR count). The average Bonchev–Trinajstić information content (AvgIpc) is 3.40. The summed E-state index contributed by atoms with van der Waals surface area (Å²) in [6.45, 7) is 8.72. The number of nitrogens with zero attached hydrogens (tertiary/aromatic N) is 3. The third-order valence-corrected chi connectivity index (χ3v) is 7.92. The summed E-state index contributed by atoms with van der Waals surface area (Å²) in [6, 6.07) is 21.8. The minimum atomic E-state index is -0.153. The molecular formula is C31H32ClN5OS. The molecule has 0 radical (unpaired) electrons. The quantitative estimate of drug-likeness (QED) is 0.246. The van der Waals surface area contributed by atoms with E-state index in [1.54, 1.807) is 6.20 Å². The summed E-state index contributed by atoms with van der Waals surface area (Å²) in [5.74, 6) is -0.0434. The highest BCUT2D eigenvalue weighted by atomic mass is 35.5. The smallest absolute Gasteiger partial charge is 0.226 e. The van der Waals surface area contributed by atoms with Gasteiger partial charge in [0.2, 0.25) is 5.91 Å². The van der Waals surface area contributed by atoms with Crippen LogP contribution in [-0.4, -0.2) is 32.0 Å². The van der Waals surface area contributed by atoms with Crippen LogP contribution in [0, 0.1) is 27.7 Å². The van der Waals surface area contributed by atoms with E-state index in [1.807, 2.05) is 74.5 Å². The van der Waals surface area contributed by atoms with Crippen molar-refractivity contribution in [2.75, 3.05) is 11.9 Å². The molecule has 6 nitrogen and oxygen atoms in total. The molecule has 1 amide bonds. The molecule has 0 bridgehead atoms. The molecule has 39 heavy (non-hydrogen) atoms. The Hall–Kier alpha value is -3.68. The summed E-state index contributed by atoms with van der Waals surface area (Å²) in [4.78, 5) is 19.8. The maximum Gasteiger partial charge on any atom is 0.226 e. The van der Waals surface area contributed by atoms with Gasteiger partial charge in [0.1, 0.15) is 0 Å². The van der Waals surface area contributed by atoms with Gasteiger partial charge in [0.05, 0.1) is 17.8 Å². The summed E-state index contributed by atoms with van der Waals surface area (Å²) in [6.07, 6.45) is 2.10. The first-order valence-electron chi connectivity index (χ1n) is 13.0. The molecule has 0 aliphatic carbocycles. The number of benzene rings is 2. The van der Waals surface area contributed by atoms with Crippen LogP contribution in [0.4, 0.5) is 5.69 Å². The van der Waals surface area contributed by atoms with Crippen LogP contribution in [0.2, 0.25) is 5.02 Å². The van der Waals surface area contributed by atoms with Gasteiger partial charge in [-0.25, -0.2) is 0 Å². The molecule has 0 unspecified atom stereocenters. The van der Waals surface area contributed by atoms with Gasteiger partial charge in [-0.2, -0.15) is 0 Å². The van der Waals surface area contributed by atoms with Gasteiger partial charge in [-0.15, -0.1) is 0 Å².